The monoisotopic (exact) mass is 323 g/mol. The molecule has 18 heavy (non-hydrogen) atoms. The molecular formula is C11H28Cl3N3O. The lowest BCUT2D eigenvalue weighted by molar-refractivity contribution is 0.0973. The van der Waals surface area contributed by atoms with Crippen LogP contribution in [0.3, 0.4) is 0 Å². The van der Waals surface area contributed by atoms with Gasteiger partial charge in [-0.3, -0.25) is 0 Å². The first-order valence-electron chi connectivity index (χ1n) is 5.94. The van der Waals surface area contributed by atoms with Crippen LogP contribution in [0.5, 0.6) is 0 Å². The minimum absolute atomic E-state index is 0. The van der Waals surface area contributed by atoms with Gasteiger partial charge in [0.25, 0.3) is 0 Å². The molecule has 4 nitrogen and oxygen atoms in total. The molecule has 7 heteroatoms. The van der Waals surface area contributed by atoms with Crippen LogP contribution in [0, 0.1) is 0 Å². The van der Waals surface area contributed by atoms with Crippen molar-refractivity contribution < 1.29 is 5.48 Å². The van der Waals surface area contributed by atoms with Crippen LogP contribution >= 0.6 is 37.2 Å². The molecule has 2 fully saturated rings. The fraction of sp³-hybridized carbons (Fsp3) is 1.00. The molecule has 0 radical (unpaired) electrons. The second kappa shape index (κ2) is 11.5. The summed E-state index contributed by atoms with van der Waals surface area (Å²) in [5.74, 6) is 0. The molecule has 0 spiro atoms. The van der Waals surface area contributed by atoms with Gasteiger partial charge < -0.3 is 21.0 Å². The van der Waals surface area contributed by atoms with Gasteiger partial charge in [-0.25, -0.2) is 0 Å². The zero-order valence-electron chi connectivity index (χ0n) is 11.0. The minimum Gasteiger partial charge on any atom is -0.412 e. The van der Waals surface area contributed by atoms with Crippen LogP contribution < -0.4 is 5.73 Å². The van der Waals surface area contributed by atoms with E-state index in [-0.39, 0.29) is 42.7 Å². The Morgan fingerprint density at radius 3 is 1.72 bits per heavy atom. The van der Waals surface area contributed by atoms with Crippen molar-refractivity contribution in [2.45, 2.75) is 37.8 Å². The molecule has 2 aliphatic rings. The van der Waals surface area contributed by atoms with Crippen molar-refractivity contribution in [3.63, 3.8) is 0 Å². The SMILES string of the molecule is CN1CCC(N2CCC(N)CC2)CC1.Cl.Cl.Cl.O. The molecular weight excluding hydrogens is 296 g/mol. The van der Waals surface area contributed by atoms with Crippen molar-refractivity contribution in [1.29, 1.82) is 0 Å². The maximum atomic E-state index is 5.91. The molecule has 0 aromatic rings. The Morgan fingerprint density at radius 1 is 0.833 bits per heavy atom. The van der Waals surface area contributed by atoms with Gasteiger partial charge in [-0.2, -0.15) is 0 Å². The number of likely N-dealkylation sites (tertiary alicyclic amines) is 2. The first-order valence-corrected chi connectivity index (χ1v) is 5.94. The van der Waals surface area contributed by atoms with Crippen LogP contribution in [0.15, 0.2) is 0 Å². The van der Waals surface area contributed by atoms with Crippen molar-refractivity contribution in [2.75, 3.05) is 33.2 Å². The second-order valence-corrected chi connectivity index (χ2v) is 4.91. The first kappa shape index (κ1) is 23.8. The van der Waals surface area contributed by atoms with Gasteiger partial charge in [0.05, 0.1) is 0 Å². The van der Waals surface area contributed by atoms with Crippen LogP contribution in [0.4, 0.5) is 0 Å². The molecule has 4 N–H and O–H groups in total. The molecule has 0 bridgehead atoms. The molecule has 2 heterocycles. The second-order valence-electron chi connectivity index (χ2n) is 4.91. The summed E-state index contributed by atoms with van der Waals surface area (Å²) in [6, 6.07) is 1.32. The topological polar surface area (TPSA) is 64.0 Å². The van der Waals surface area contributed by atoms with E-state index in [1.54, 1.807) is 0 Å². The highest BCUT2D eigenvalue weighted by atomic mass is 35.5. The van der Waals surface area contributed by atoms with Crippen molar-refractivity contribution in [2.24, 2.45) is 5.73 Å². The highest BCUT2D eigenvalue weighted by Gasteiger charge is 2.25. The zero-order chi connectivity index (χ0) is 9.97. The van der Waals surface area contributed by atoms with Gasteiger partial charge in [0.1, 0.15) is 0 Å². The third-order valence-corrected chi connectivity index (χ3v) is 3.78. The van der Waals surface area contributed by atoms with Gasteiger partial charge in [-0.1, -0.05) is 0 Å². The maximum Gasteiger partial charge on any atom is 0.0120 e. The fourth-order valence-electron chi connectivity index (χ4n) is 2.64. The normalized spacial score (nSPS) is 23.0. The smallest absolute Gasteiger partial charge is 0.0120 e. The molecule has 0 atom stereocenters. The van der Waals surface area contributed by atoms with Crippen LogP contribution in [0.1, 0.15) is 25.7 Å². The molecule has 0 aromatic heterocycles. The molecule has 0 amide bonds. The molecule has 2 rings (SSSR count). The summed E-state index contributed by atoms with van der Waals surface area (Å²) in [6.45, 7) is 5.01. The Bertz CT molecular complexity index is 164. The Labute approximate surface area is 129 Å². The molecule has 114 valence electrons. The number of piperidine rings is 2. The summed E-state index contributed by atoms with van der Waals surface area (Å²) in [4.78, 5) is 5.10. The summed E-state index contributed by atoms with van der Waals surface area (Å²) in [5, 5.41) is 0. The van der Waals surface area contributed by atoms with Crippen molar-refractivity contribution >= 4 is 37.2 Å². The van der Waals surface area contributed by atoms with E-state index in [1.165, 1.54) is 51.9 Å². The first-order chi connectivity index (χ1) is 6.75. The van der Waals surface area contributed by atoms with E-state index in [9.17, 15) is 0 Å². The third kappa shape index (κ3) is 6.75. The Hall–Kier alpha value is 0.710. The molecule has 2 aliphatic heterocycles. The molecule has 0 unspecified atom stereocenters. The van der Waals surface area contributed by atoms with E-state index in [1.807, 2.05) is 0 Å². The standard InChI is InChI=1S/C11H23N3.3ClH.H2O/c1-13-6-4-11(5-7-13)14-8-2-10(12)3-9-14;;;;/h10-11H,2-9,12H2,1H3;3*1H;1H2. The number of halogens is 3. The fourth-order valence-corrected chi connectivity index (χ4v) is 2.64. The Morgan fingerprint density at radius 2 is 1.28 bits per heavy atom. The van der Waals surface area contributed by atoms with Crippen LogP contribution in [0.2, 0.25) is 0 Å². The number of hydrogen-bond donors (Lipinski definition) is 1. The van der Waals surface area contributed by atoms with E-state index < -0.39 is 0 Å². The number of nitrogens with zero attached hydrogens (tertiary/aromatic N) is 2. The highest BCUT2D eigenvalue weighted by molar-refractivity contribution is 5.86. The average molecular weight is 325 g/mol. The van der Waals surface area contributed by atoms with Gasteiger partial charge in [-0.15, -0.1) is 37.2 Å². The lowest BCUT2D eigenvalue weighted by atomic mass is 9.98. The third-order valence-electron chi connectivity index (χ3n) is 3.78. The van der Waals surface area contributed by atoms with E-state index in [0.717, 1.165) is 6.04 Å². The largest absolute Gasteiger partial charge is 0.412 e. The van der Waals surface area contributed by atoms with Crippen molar-refractivity contribution in [1.82, 2.24) is 9.80 Å². The Balaban J connectivity index is -0.000000562. The summed E-state index contributed by atoms with van der Waals surface area (Å²) < 4.78 is 0. The highest BCUT2D eigenvalue weighted by Crippen LogP contribution is 2.19. The minimum atomic E-state index is 0. The molecule has 2 saturated heterocycles. The zero-order valence-corrected chi connectivity index (χ0v) is 13.5. The van der Waals surface area contributed by atoms with Crippen LogP contribution in [-0.2, 0) is 0 Å². The van der Waals surface area contributed by atoms with Crippen LogP contribution in [0.25, 0.3) is 0 Å². The summed E-state index contributed by atoms with van der Waals surface area (Å²) in [7, 11) is 2.22. The van der Waals surface area contributed by atoms with Crippen molar-refractivity contribution in [3.8, 4) is 0 Å². The van der Waals surface area contributed by atoms with Gasteiger partial charge in [0.2, 0.25) is 0 Å². The van der Waals surface area contributed by atoms with Crippen molar-refractivity contribution in [3.05, 3.63) is 0 Å². The van der Waals surface area contributed by atoms with E-state index >= 15 is 0 Å². The predicted molar refractivity (Wildman–Crippen MR) is 84.7 cm³/mol. The summed E-state index contributed by atoms with van der Waals surface area (Å²) in [6.07, 6.45) is 5.11. The van der Waals surface area contributed by atoms with Crippen LogP contribution in [-0.4, -0.2) is 60.6 Å². The number of nitrogens with two attached hydrogens (primary N) is 1. The number of rotatable bonds is 1. The average Bonchev–Trinajstić information content (AvgIpc) is 2.21. The number of hydrogen-bond acceptors (Lipinski definition) is 3. The molecule has 0 saturated carbocycles. The quantitative estimate of drug-likeness (QED) is 0.781. The van der Waals surface area contributed by atoms with Gasteiger partial charge in [-0.05, 0) is 58.9 Å². The van der Waals surface area contributed by atoms with E-state index in [0.29, 0.717) is 6.04 Å². The molecule has 0 aromatic carbocycles. The van der Waals surface area contributed by atoms with Gasteiger partial charge in [0, 0.05) is 12.1 Å². The summed E-state index contributed by atoms with van der Waals surface area (Å²) >= 11 is 0. The maximum absolute atomic E-state index is 5.91. The Kier molecular flexibility index (Phi) is 15.2. The van der Waals surface area contributed by atoms with Gasteiger partial charge in [0.15, 0.2) is 0 Å². The lowest BCUT2D eigenvalue weighted by Gasteiger charge is -2.40. The van der Waals surface area contributed by atoms with E-state index in [2.05, 4.69) is 16.8 Å². The molecule has 0 aliphatic carbocycles. The summed E-state index contributed by atoms with van der Waals surface area (Å²) in [5.41, 5.74) is 5.91. The van der Waals surface area contributed by atoms with Gasteiger partial charge >= 0.3 is 0 Å². The van der Waals surface area contributed by atoms with E-state index in [4.69, 9.17) is 5.73 Å². The predicted octanol–water partition coefficient (Wildman–Crippen LogP) is 0.944. The lowest BCUT2D eigenvalue weighted by Crippen LogP contribution is -2.48.